The molecule has 2 aromatic heterocycles. The van der Waals surface area contributed by atoms with Crippen LogP contribution >= 0.6 is 23.1 Å². The average molecular weight is 508 g/mol. The maximum absolute atomic E-state index is 12.5. The Morgan fingerprint density at radius 3 is 2.55 bits per heavy atom. The fourth-order valence-electron chi connectivity index (χ4n) is 3.36. The third-order valence-corrected chi connectivity index (χ3v) is 7.44. The monoisotopic (exact) mass is 507 g/mol. The highest BCUT2D eigenvalue weighted by molar-refractivity contribution is 7.99. The van der Waals surface area contributed by atoms with Crippen LogP contribution in [-0.4, -0.2) is 24.5 Å². The Kier molecular flexibility index (Phi) is 7.28. The number of halogens is 2. The highest BCUT2D eigenvalue weighted by Gasteiger charge is 2.18. The van der Waals surface area contributed by atoms with Crippen molar-refractivity contribution in [2.75, 3.05) is 5.75 Å². The van der Waals surface area contributed by atoms with Crippen LogP contribution in [0, 0.1) is 0 Å². The molecule has 0 saturated heterocycles. The molecule has 10 heteroatoms. The van der Waals surface area contributed by atoms with Crippen LogP contribution in [0.5, 0.6) is 0 Å². The van der Waals surface area contributed by atoms with E-state index in [2.05, 4.69) is 0 Å². The molecule has 5 nitrogen and oxygen atoms in total. The SMILES string of the molecule is O=S(=O)([O-])CCC[n+]1c(/C=C/c2ccc(-c3ccc(SC(F)F)cc3)o2)sc2ccccc21. The van der Waals surface area contributed by atoms with Crippen molar-refractivity contribution in [3.8, 4) is 11.3 Å². The molecule has 0 unspecified atom stereocenters. The summed E-state index contributed by atoms with van der Waals surface area (Å²) in [4.78, 5) is 0.486. The maximum atomic E-state index is 12.5. The van der Waals surface area contributed by atoms with Crippen molar-refractivity contribution in [2.24, 2.45) is 0 Å². The molecule has 0 bridgehead atoms. The van der Waals surface area contributed by atoms with Gasteiger partial charge in [-0.3, -0.25) is 0 Å². The van der Waals surface area contributed by atoms with Gasteiger partial charge >= 0.3 is 0 Å². The van der Waals surface area contributed by atoms with Gasteiger partial charge in [0.2, 0.25) is 5.52 Å². The highest BCUT2D eigenvalue weighted by Crippen LogP contribution is 2.29. The van der Waals surface area contributed by atoms with Crippen LogP contribution in [0.25, 0.3) is 33.7 Å². The summed E-state index contributed by atoms with van der Waals surface area (Å²) in [5, 5.41) is 0.894. The molecular formula is C23H19F2NO4S3. The number of fused-ring (bicyclic) bond motifs is 1. The lowest BCUT2D eigenvalue weighted by atomic mass is 10.2. The summed E-state index contributed by atoms with van der Waals surface area (Å²) in [5.41, 5.74) is 1.75. The molecule has 4 rings (SSSR count). The van der Waals surface area contributed by atoms with Gasteiger partial charge in [-0.15, -0.1) is 0 Å². The number of benzene rings is 2. The lowest BCUT2D eigenvalue weighted by Gasteiger charge is -2.04. The summed E-state index contributed by atoms with van der Waals surface area (Å²) in [6, 6.07) is 18.1. The van der Waals surface area contributed by atoms with Gasteiger partial charge in [0.15, 0.2) is 6.54 Å². The number of aryl methyl sites for hydroxylation is 1. The number of furan rings is 1. The summed E-state index contributed by atoms with van der Waals surface area (Å²) >= 11 is 2.05. The number of alkyl halides is 2. The number of hydrogen-bond donors (Lipinski definition) is 0. The van der Waals surface area contributed by atoms with Crippen LogP contribution in [0.1, 0.15) is 17.2 Å². The molecule has 0 aliphatic carbocycles. The van der Waals surface area contributed by atoms with Gasteiger partial charge in [-0.1, -0.05) is 47.4 Å². The normalized spacial score (nSPS) is 12.4. The van der Waals surface area contributed by atoms with E-state index >= 15 is 0 Å². The van der Waals surface area contributed by atoms with E-state index in [1.807, 2.05) is 53.1 Å². The van der Waals surface area contributed by atoms with Gasteiger partial charge < -0.3 is 8.97 Å². The maximum Gasteiger partial charge on any atom is 0.288 e. The van der Waals surface area contributed by atoms with Crippen molar-refractivity contribution in [1.82, 2.24) is 0 Å². The molecule has 0 aliphatic rings. The minimum atomic E-state index is -4.26. The van der Waals surface area contributed by atoms with Crippen LogP contribution in [0.4, 0.5) is 8.78 Å². The quantitative estimate of drug-likeness (QED) is 0.161. The fraction of sp³-hybridized carbons (Fsp3) is 0.174. The summed E-state index contributed by atoms with van der Waals surface area (Å²) in [5.74, 6) is -1.64. The zero-order chi connectivity index (χ0) is 23.4. The molecule has 0 saturated carbocycles. The van der Waals surface area contributed by atoms with E-state index in [1.54, 1.807) is 35.6 Å². The zero-order valence-corrected chi connectivity index (χ0v) is 19.6. The molecule has 0 fully saturated rings. The van der Waals surface area contributed by atoms with Crippen molar-refractivity contribution in [3.63, 3.8) is 0 Å². The number of thiazole rings is 1. The van der Waals surface area contributed by atoms with E-state index < -0.39 is 21.6 Å². The molecule has 2 aromatic carbocycles. The second kappa shape index (κ2) is 10.2. The Balaban J connectivity index is 1.54. The number of nitrogens with zero attached hydrogens (tertiary/aromatic N) is 1. The number of aromatic nitrogens is 1. The molecule has 0 amide bonds. The minimum Gasteiger partial charge on any atom is -0.748 e. The summed E-state index contributed by atoms with van der Waals surface area (Å²) in [6.07, 6.45) is 3.93. The number of hydrogen-bond acceptors (Lipinski definition) is 6. The lowest BCUT2D eigenvalue weighted by molar-refractivity contribution is -0.668. The Hall–Kier alpha value is -2.53. The van der Waals surface area contributed by atoms with Crippen molar-refractivity contribution < 1.29 is 30.7 Å². The topological polar surface area (TPSA) is 74.2 Å². The second-order valence-corrected chi connectivity index (χ2v) is 10.8. The largest absolute Gasteiger partial charge is 0.748 e. The van der Waals surface area contributed by atoms with Gasteiger partial charge in [-0.05, 0) is 36.4 Å². The van der Waals surface area contributed by atoms with Gasteiger partial charge in [0, 0.05) is 34.8 Å². The van der Waals surface area contributed by atoms with Gasteiger partial charge in [0.05, 0.1) is 10.1 Å². The predicted octanol–water partition coefficient (Wildman–Crippen LogP) is 5.87. The van der Waals surface area contributed by atoms with Gasteiger partial charge in [0.1, 0.15) is 16.2 Å². The van der Waals surface area contributed by atoms with Crippen LogP contribution < -0.4 is 4.57 Å². The zero-order valence-electron chi connectivity index (χ0n) is 17.2. The van der Waals surface area contributed by atoms with Gasteiger partial charge in [-0.25, -0.2) is 8.42 Å². The third-order valence-electron chi connectivity index (χ3n) is 4.79. The first-order valence-corrected chi connectivity index (χ1v) is 13.2. The molecule has 4 aromatic rings. The first kappa shape index (κ1) is 23.6. The second-order valence-electron chi connectivity index (χ2n) is 7.11. The van der Waals surface area contributed by atoms with E-state index in [0.717, 1.165) is 20.8 Å². The summed E-state index contributed by atoms with van der Waals surface area (Å²) in [6.45, 7) is 0.400. The smallest absolute Gasteiger partial charge is 0.288 e. The van der Waals surface area contributed by atoms with Gasteiger partial charge in [0.25, 0.3) is 10.8 Å². The Morgan fingerprint density at radius 1 is 1.06 bits per heavy atom. The van der Waals surface area contributed by atoms with Crippen LogP contribution in [0.15, 0.2) is 70.0 Å². The van der Waals surface area contributed by atoms with Crippen molar-refractivity contribution in [1.29, 1.82) is 0 Å². The van der Waals surface area contributed by atoms with E-state index in [-0.39, 0.29) is 6.42 Å². The molecule has 0 aliphatic heterocycles. The van der Waals surface area contributed by atoms with E-state index in [0.29, 0.717) is 34.7 Å². The molecule has 0 radical (unpaired) electrons. The lowest BCUT2D eigenvalue weighted by Crippen LogP contribution is -2.35. The molecule has 0 atom stereocenters. The van der Waals surface area contributed by atoms with Crippen LogP contribution in [0.2, 0.25) is 0 Å². The molecule has 172 valence electrons. The highest BCUT2D eigenvalue weighted by atomic mass is 32.2. The Bertz CT molecular complexity index is 1380. The average Bonchev–Trinajstić information content (AvgIpc) is 3.36. The van der Waals surface area contributed by atoms with E-state index in [9.17, 15) is 21.8 Å². The first-order valence-electron chi connectivity index (χ1n) is 9.96. The number of para-hydroxylation sites is 1. The van der Waals surface area contributed by atoms with E-state index in [4.69, 9.17) is 4.42 Å². The number of thioether (sulfide) groups is 1. The predicted molar refractivity (Wildman–Crippen MR) is 126 cm³/mol. The molecule has 33 heavy (non-hydrogen) atoms. The van der Waals surface area contributed by atoms with Crippen molar-refractivity contribution in [3.05, 3.63) is 71.4 Å². The standard InChI is InChI=1S/C23H19F2NO4S3/c24-23(25)31-18-10-6-16(7-11-18)20-12-8-17(30-20)9-13-22-26(14-3-15-33(27,28)29)19-4-1-2-5-21(19)32-22/h1-2,4-13,23H,3,14-15H2/b13-9+. The minimum absolute atomic E-state index is 0.225. The molecule has 0 N–H and O–H groups in total. The third kappa shape index (κ3) is 6.29. The Morgan fingerprint density at radius 2 is 1.82 bits per heavy atom. The van der Waals surface area contributed by atoms with Crippen molar-refractivity contribution in [2.45, 2.75) is 23.6 Å². The van der Waals surface area contributed by atoms with Crippen LogP contribution in [0.3, 0.4) is 0 Å². The summed E-state index contributed by atoms with van der Waals surface area (Å²) < 4.78 is 66.8. The Labute approximate surface area is 198 Å². The number of rotatable bonds is 9. The van der Waals surface area contributed by atoms with Crippen molar-refractivity contribution >= 4 is 55.6 Å². The first-order chi connectivity index (χ1) is 15.8. The molecule has 2 heterocycles. The van der Waals surface area contributed by atoms with Crippen LogP contribution in [-0.2, 0) is 16.7 Å². The fourth-order valence-corrected chi connectivity index (χ4v) is 5.43. The summed E-state index contributed by atoms with van der Waals surface area (Å²) in [7, 11) is -4.26. The van der Waals surface area contributed by atoms with E-state index in [1.165, 1.54) is 0 Å². The molecule has 0 spiro atoms. The molecular weight excluding hydrogens is 488 g/mol. The van der Waals surface area contributed by atoms with Gasteiger partial charge in [-0.2, -0.15) is 13.3 Å².